The number of hydrogen-bond donors (Lipinski definition) is 1. The molecule has 0 radical (unpaired) electrons. The van der Waals surface area contributed by atoms with Crippen LogP contribution >= 0.6 is 11.6 Å². The smallest absolute Gasteiger partial charge is 0.272 e. The Balaban J connectivity index is 1.81. The van der Waals surface area contributed by atoms with Crippen molar-refractivity contribution in [2.24, 2.45) is 0 Å². The largest absolute Gasteiger partial charge is 0.378 e. The second kappa shape index (κ2) is 5.64. The number of ether oxygens (including phenoxy) is 1. The van der Waals surface area contributed by atoms with E-state index in [9.17, 15) is 4.79 Å². The quantitative estimate of drug-likeness (QED) is 0.923. The van der Waals surface area contributed by atoms with Gasteiger partial charge in [-0.2, -0.15) is 5.10 Å². The molecule has 1 aromatic carbocycles. The minimum absolute atomic E-state index is 0.0471. The summed E-state index contributed by atoms with van der Waals surface area (Å²) >= 11 is 5.96. The molecule has 0 bridgehead atoms. The Morgan fingerprint density at radius 3 is 2.85 bits per heavy atom. The minimum Gasteiger partial charge on any atom is -0.378 e. The van der Waals surface area contributed by atoms with E-state index in [0.29, 0.717) is 42.7 Å². The van der Waals surface area contributed by atoms with Crippen molar-refractivity contribution in [1.29, 1.82) is 0 Å². The van der Waals surface area contributed by atoms with Crippen molar-refractivity contribution < 1.29 is 9.53 Å². The lowest BCUT2D eigenvalue weighted by Gasteiger charge is -2.26. The van der Waals surface area contributed by atoms with Gasteiger partial charge >= 0.3 is 0 Å². The summed E-state index contributed by atoms with van der Waals surface area (Å²) in [7, 11) is 0. The number of aromatic amines is 1. The van der Waals surface area contributed by atoms with Gasteiger partial charge in [0.2, 0.25) is 0 Å². The predicted octanol–water partition coefficient (Wildman–Crippen LogP) is 2.20. The summed E-state index contributed by atoms with van der Waals surface area (Å²) in [6.45, 7) is 2.40. The summed E-state index contributed by atoms with van der Waals surface area (Å²) in [5.74, 6) is -0.0471. The Bertz CT molecular complexity index is 620. The Hall–Kier alpha value is -1.85. The monoisotopic (exact) mass is 291 g/mol. The van der Waals surface area contributed by atoms with Crippen molar-refractivity contribution in [1.82, 2.24) is 15.1 Å². The van der Waals surface area contributed by atoms with Crippen LogP contribution in [0.2, 0.25) is 5.02 Å². The van der Waals surface area contributed by atoms with Gasteiger partial charge in [-0.15, -0.1) is 0 Å². The van der Waals surface area contributed by atoms with Crippen LogP contribution in [-0.4, -0.2) is 47.3 Å². The van der Waals surface area contributed by atoms with Crippen LogP contribution in [0, 0.1) is 0 Å². The molecule has 0 aliphatic carbocycles. The van der Waals surface area contributed by atoms with Gasteiger partial charge in [0.15, 0.2) is 0 Å². The molecule has 1 aliphatic heterocycles. The first kappa shape index (κ1) is 13.1. The maximum atomic E-state index is 12.3. The molecule has 1 fully saturated rings. The fraction of sp³-hybridized carbons (Fsp3) is 0.286. The maximum absolute atomic E-state index is 12.3. The molecular formula is C14H14ClN3O2. The summed E-state index contributed by atoms with van der Waals surface area (Å²) in [5, 5.41) is 7.62. The minimum atomic E-state index is -0.0471. The van der Waals surface area contributed by atoms with E-state index in [0.717, 1.165) is 5.56 Å². The third-order valence-corrected chi connectivity index (χ3v) is 3.46. The molecule has 1 saturated heterocycles. The summed E-state index contributed by atoms with van der Waals surface area (Å²) in [5.41, 5.74) is 2.08. The van der Waals surface area contributed by atoms with Crippen molar-refractivity contribution in [3.63, 3.8) is 0 Å². The second-order valence-electron chi connectivity index (χ2n) is 4.58. The Labute approximate surface area is 121 Å². The van der Waals surface area contributed by atoms with Crippen LogP contribution in [0.4, 0.5) is 0 Å². The Kier molecular flexibility index (Phi) is 3.71. The molecular weight excluding hydrogens is 278 g/mol. The fourth-order valence-corrected chi connectivity index (χ4v) is 2.35. The lowest BCUT2D eigenvalue weighted by Crippen LogP contribution is -2.40. The summed E-state index contributed by atoms with van der Waals surface area (Å²) < 4.78 is 5.24. The van der Waals surface area contributed by atoms with Gasteiger partial charge in [-0.3, -0.25) is 9.89 Å². The van der Waals surface area contributed by atoms with Gasteiger partial charge in [0, 0.05) is 23.7 Å². The topological polar surface area (TPSA) is 58.2 Å². The zero-order valence-corrected chi connectivity index (χ0v) is 11.6. The third-order valence-electron chi connectivity index (χ3n) is 3.23. The molecule has 1 N–H and O–H groups in total. The molecule has 0 unspecified atom stereocenters. The maximum Gasteiger partial charge on any atom is 0.272 e. The van der Waals surface area contributed by atoms with Crippen LogP contribution in [0.15, 0.2) is 30.3 Å². The van der Waals surface area contributed by atoms with Gasteiger partial charge in [0.05, 0.1) is 18.9 Å². The highest BCUT2D eigenvalue weighted by Gasteiger charge is 2.20. The molecule has 20 heavy (non-hydrogen) atoms. The van der Waals surface area contributed by atoms with Crippen molar-refractivity contribution in [2.45, 2.75) is 0 Å². The number of carbonyl (C=O) groups excluding carboxylic acids is 1. The van der Waals surface area contributed by atoms with Gasteiger partial charge in [-0.25, -0.2) is 0 Å². The third kappa shape index (κ3) is 2.69. The number of nitrogens with one attached hydrogen (secondary N) is 1. The first-order valence-electron chi connectivity index (χ1n) is 6.42. The van der Waals surface area contributed by atoms with Crippen LogP contribution in [0.1, 0.15) is 10.5 Å². The number of benzene rings is 1. The molecule has 104 valence electrons. The second-order valence-corrected chi connectivity index (χ2v) is 5.02. The summed E-state index contributed by atoms with van der Waals surface area (Å²) in [6.07, 6.45) is 0. The van der Waals surface area contributed by atoms with Crippen LogP contribution in [0.3, 0.4) is 0 Å². The number of rotatable bonds is 2. The van der Waals surface area contributed by atoms with Gasteiger partial charge < -0.3 is 9.64 Å². The summed E-state index contributed by atoms with van der Waals surface area (Å²) in [6, 6.07) is 9.14. The standard InChI is InChI=1S/C14H14ClN3O2/c15-11-3-1-2-10(8-11)12-9-13(17-16-12)14(19)18-4-6-20-7-5-18/h1-3,8-9H,4-7H2,(H,16,17). The molecule has 3 rings (SSSR count). The van der Waals surface area contributed by atoms with Gasteiger partial charge in [0.25, 0.3) is 5.91 Å². The summed E-state index contributed by atoms with van der Waals surface area (Å²) in [4.78, 5) is 14.0. The highest BCUT2D eigenvalue weighted by molar-refractivity contribution is 6.30. The Morgan fingerprint density at radius 2 is 2.10 bits per heavy atom. The zero-order chi connectivity index (χ0) is 13.9. The average molecular weight is 292 g/mol. The van der Waals surface area contributed by atoms with Crippen molar-refractivity contribution >= 4 is 17.5 Å². The van der Waals surface area contributed by atoms with Crippen LogP contribution < -0.4 is 0 Å². The molecule has 2 heterocycles. The molecule has 6 heteroatoms. The molecule has 0 spiro atoms. The highest BCUT2D eigenvalue weighted by Crippen LogP contribution is 2.21. The molecule has 1 aromatic heterocycles. The van der Waals surface area contributed by atoms with E-state index in [1.807, 2.05) is 18.2 Å². The van der Waals surface area contributed by atoms with Crippen molar-refractivity contribution in [3.05, 3.63) is 41.0 Å². The number of H-pyrrole nitrogens is 1. The van der Waals surface area contributed by atoms with Gasteiger partial charge in [-0.05, 0) is 18.2 Å². The van der Waals surface area contributed by atoms with E-state index in [1.54, 1.807) is 17.0 Å². The molecule has 1 amide bonds. The van der Waals surface area contributed by atoms with E-state index < -0.39 is 0 Å². The fourth-order valence-electron chi connectivity index (χ4n) is 2.16. The van der Waals surface area contributed by atoms with Gasteiger partial charge in [0.1, 0.15) is 5.69 Å². The normalized spacial score (nSPS) is 15.3. The van der Waals surface area contributed by atoms with Crippen LogP contribution in [0.5, 0.6) is 0 Å². The number of carbonyl (C=O) groups is 1. The lowest BCUT2D eigenvalue weighted by molar-refractivity contribution is 0.0299. The number of nitrogens with zero attached hydrogens (tertiary/aromatic N) is 2. The van der Waals surface area contributed by atoms with E-state index in [4.69, 9.17) is 16.3 Å². The van der Waals surface area contributed by atoms with E-state index in [-0.39, 0.29) is 5.91 Å². The first-order valence-corrected chi connectivity index (χ1v) is 6.80. The van der Waals surface area contributed by atoms with E-state index in [1.165, 1.54) is 0 Å². The number of hydrogen-bond acceptors (Lipinski definition) is 3. The number of aromatic nitrogens is 2. The number of morpholine rings is 1. The average Bonchev–Trinajstić information content (AvgIpc) is 2.97. The van der Waals surface area contributed by atoms with E-state index in [2.05, 4.69) is 10.2 Å². The molecule has 0 atom stereocenters. The van der Waals surface area contributed by atoms with Crippen molar-refractivity contribution in [3.8, 4) is 11.3 Å². The SMILES string of the molecule is O=C(c1cc(-c2cccc(Cl)c2)n[nH]1)N1CCOCC1. The van der Waals surface area contributed by atoms with E-state index >= 15 is 0 Å². The number of halogens is 1. The zero-order valence-electron chi connectivity index (χ0n) is 10.8. The predicted molar refractivity (Wildman–Crippen MR) is 75.8 cm³/mol. The first-order chi connectivity index (χ1) is 9.74. The number of amides is 1. The Morgan fingerprint density at radius 1 is 1.30 bits per heavy atom. The van der Waals surface area contributed by atoms with Gasteiger partial charge in [-0.1, -0.05) is 23.7 Å². The molecule has 0 saturated carbocycles. The highest BCUT2D eigenvalue weighted by atomic mass is 35.5. The molecule has 1 aliphatic rings. The van der Waals surface area contributed by atoms with Crippen molar-refractivity contribution in [2.75, 3.05) is 26.3 Å². The van der Waals surface area contributed by atoms with Crippen LogP contribution in [-0.2, 0) is 4.74 Å². The molecule has 2 aromatic rings. The molecule has 5 nitrogen and oxygen atoms in total. The lowest BCUT2D eigenvalue weighted by atomic mass is 10.1. The van der Waals surface area contributed by atoms with Crippen LogP contribution in [0.25, 0.3) is 11.3 Å².